The van der Waals surface area contributed by atoms with Crippen molar-refractivity contribution in [1.82, 2.24) is 4.98 Å². The predicted octanol–water partition coefficient (Wildman–Crippen LogP) is 5.04. The van der Waals surface area contributed by atoms with Crippen molar-refractivity contribution >= 4 is 38.4 Å². The third-order valence-electron chi connectivity index (χ3n) is 5.61. The summed E-state index contributed by atoms with van der Waals surface area (Å²) in [6.07, 6.45) is 2.63. The van der Waals surface area contributed by atoms with Gasteiger partial charge in [0, 0.05) is 17.0 Å². The summed E-state index contributed by atoms with van der Waals surface area (Å²) in [5, 5.41) is 3.65. The molecule has 1 N–H and O–H groups in total. The summed E-state index contributed by atoms with van der Waals surface area (Å²) in [5.74, 6) is -0.737. The van der Waals surface area contributed by atoms with Gasteiger partial charge in [-0.05, 0) is 52.4 Å². The van der Waals surface area contributed by atoms with Crippen molar-refractivity contribution in [1.29, 1.82) is 0 Å². The number of nitrogens with zero attached hydrogens (tertiary/aromatic N) is 1. The molecule has 1 spiro atoms. The van der Waals surface area contributed by atoms with Gasteiger partial charge in [0.1, 0.15) is 11.6 Å². The average molecular weight is 415 g/mol. The molecule has 2 aliphatic rings. The molecule has 1 fully saturated rings. The first-order valence-corrected chi connectivity index (χ1v) is 9.13. The highest BCUT2D eigenvalue weighted by Crippen LogP contribution is 2.59. The lowest BCUT2D eigenvalue weighted by Crippen LogP contribution is -2.45. The van der Waals surface area contributed by atoms with Crippen molar-refractivity contribution in [2.24, 2.45) is 0 Å². The minimum Gasteiger partial charge on any atom is -0.324 e. The highest BCUT2D eigenvalue weighted by Gasteiger charge is 2.57. The summed E-state index contributed by atoms with van der Waals surface area (Å²) >= 11 is 3.22. The minimum absolute atomic E-state index is 0.0139. The number of anilines is 1. The SMILES string of the molecule is O=C1Nc2cnc3cc(F)c(Br)cc3c2C12CC(c1ccccc1F)C2. The number of pyridine rings is 1. The molecule has 1 aromatic heterocycles. The van der Waals surface area contributed by atoms with Crippen LogP contribution in [0.2, 0.25) is 0 Å². The molecule has 0 bridgehead atoms. The Bertz CT molecular complexity index is 1090. The number of benzene rings is 2. The minimum atomic E-state index is -0.708. The molecule has 3 nitrogen and oxygen atoms in total. The van der Waals surface area contributed by atoms with Gasteiger partial charge in [-0.1, -0.05) is 18.2 Å². The first kappa shape index (κ1) is 15.9. The number of carbonyl (C=O) groups is 1. The lowest BCUT2D eigenvalue weighted by molar-refractivity contribution is -0.124. The Kier molecular flexibility index (Phi) is 3.26. The van der Waals surface area contributed by atoms with E-state index in [0.29, 0.717) is 34.1 Å². The molecule has 0 radical (unpaired) electrons. The van der Waals surface area contributed by atoms with E-state index >= 15 is 0 Å². The number of rotatable bonds is 1. The number of carbonyl (C=O) groups excluding carboxylic acids is 1. The molecular formula is C20H13BrF2N2O. The fourth-order valence-electron chi connectivity index (χ4n) is 4.35. The van der Waals surface area contributed by atoms with E-state index in [1.54, 1.807) is 24.4 Å². The average Bonchev–Trinajstić information content (AvgIpc) is 2.88. The van der Waals surface area contributed by atoms with E-state index in [2.05, 4.69) is 26.2 Å². The molecule has 2 aromatic carbocycles. The lowest BCUT2D eigenvalue weighted by atomic mass is 9.57. The van der Waals surface area contributed by atoms with Crippen LogP contribution in [0.15, 0.2) is 47.1 Å². The molecule has 2 heterocycles. The van der Waals surface area contributed by atoms with E-state index < -0.39 is 11.2 Å². The van der Waals surface area contributed by atoms with Gasteiger partial charge in [-0.2, -0.15) is 0 Å². The van der Waals surface area contributed by atoms with Crippen LogP contribution in [0, 0.1) is 11.6 Å². The van der Waals surface area contributed by atoms with E-state index in [1.165, 1.54) is 12.1 Å². The Morgan fingerprint density at radius 1 is 1.15 bits per heavy atom. The molecule has 26 heavy (non-hydrogen) atoms. The summed E-state index contributed by atoms with van der Waals surface area (Å²) < 4.78 is 28.3. The Morgan fingerprint density at radius 3 is 2.69 bits per heavy atom. The molecule has 6 heteroatoms. The number of aromatic nitrogens is 1. The second kappa shape index (κ2) is 5.33. The molecule has 1 amide bonds. The number of nitrogens with one attached hydrogen (secondary N) is 1. The van der Waals surface area contributed by atoms with Gasteiger partial charge >= 0.3 is 0 Å². The highest BCUT2D eigenvalue weighted by molar-refractivity contribution is 9.10. The predicted molar refractivity (Wildman–Crippen MR) is 98.1 cm³/mol. The Morgan fingerprint density at radius 2 is 1.92 bits per heavy atom. The second-order valence-electron chi connectivity index (χ2n) is 6.99. The largest absolute Gasteiger partial charge is 0.324 e. The van der Waals surface area contributed by atoms with E-state index in [1.807, 2.05) is 6.07 Å². The molecule has 1 aliphatic carbocycles. The van der Waals surface area contributed by atoms with Gasteiger partial charge < -0.3 is 5.32 Å². The Balaban J connectivity index is 1.64. The Labute approximate surface area is 156 Å². The number of hydrogen-bond acceptors (Lipinski definition) is 2. The van der Waals surface area contributed by atoms with Crippen LogP contribution < -0.4 is 5.32 Å². The van der Waals surface area contributed by atoms with Crippen molar-refractivity contribution in [2.45, 2.75) is 24.2 Å². The van der Waals surface area contributed by atoms with Crippen LogP contribution in [0.5, 0.6) is 0 Å². The van der Waals surface area contributed by atoms with E-state index in [4.69, 9.17) is 0 Å². The molecule has 0 saturated heterocycles. The van der Waals surface area contributed by atoms with Crippen molar-refractivity contribution in [2.75, 3.05) is 5.32 Å². The molecule has 0 unspecified atom stereocenters. The topological polar surface area (TPSA) is 42.0 Å². The smallest absolute Gasteiger partial charge is 0.235 e. The molecule has 3 aromatic rings. The zero-order valence-electron chi connectivity index (χ0n) is 13.5. The van der Waals surface area contributed by atoms with Crippen molar-refractivity contribution < 1.29 is 13.6 Å². The first-order chi connectivity index (χ1) is 12.5. The maximum absolute atomic E-state index is 14.1. The number of fused-ring (bicyclic) bond motifs is 4. The molecule has 130 valence electrons. The maximum Gasteiger partial charge on any atom is 0.235 e. The van der Waals surface area contributed by atoms with Crippen LogP contribution in [-0.2, 0) is 10.2 Å². The van der Waals surface area contributed by atoms with Gasteiger partial charge in [0.2, 0.25) is 5.91 Å². The zero-order chi connectivity index (χ0) is 18.1. The van der Waals surface area contributed by atoms with Crippen molar-refractivity contribution in [3.63, 3.8) is 0 Å². The fraction of sp³-hybridized carbons (Fsp3) is 0.200. The van der Waals surface area contributed by atoms with Crippen molar-refractivity contribution in [3.8, 4) is 0 Å². The molecule has 1 aliphatic heterocycles. The van der Waals surface area contributed by atoms with E-state index in [0.717, 1.165) is 10.9 Å². The number of hydrogen-bond donors (Lipinski definition) is 1. The monoisotopic (exact) mass is 414 g/mol. The molecule has 1 saturated carbocycles. The van der Waals surface area contributed by atoms with E-state index in [9.17, 15) is 13.6 Å². The van der Waals surface area contributed by atoms with E-state index in [-0.39, 0.29) is 17.6 Å². The third kappa shape index (κ3) is 2.02. The maximum atomic E-state index is 14.1. The first-order valence-electron chi connectivity index (χ1n) is 8.34. The lowest BCUT2D eigenvalue weighted by Gasteiger charge is -2.44. The summed E-state index contributed by atoms with van der Waals surface area (Å²) in [4.78, 5) is 17.0. The van der Waals surface area contributed by atoms with Crippen molar-refractivity contribution in [3.05, 3.63) is 69.8 Å². The molecular weight excluding hydrogens is 402 g/mol. The third-order valence-corrected chi connectivity index (χ3v) is 6.21. The summed E-state index contributed by atoms with van der Waals surface area (Å²) in [6, 6.07) is 9.74. The molecule has 0 atom stereocenters. The standard InChI is InChI=1S/C20H13BrF2N2O/c21-13-5-12-16(6-15(13)23)24-9-17-18(12)20(19(26)25-17)7-10(8-20)11-3-1-2-4-14(11)22/h1-6,9-10H,7-8H2,(H,25,26). The quantitative estimate of drug-likeness (QED) is 0.605. The van der Waals surface area contributed by atoms with Gasteiger partial charge in [-0.15, -0.1) is 0 Å². The Hall–Kier alpha value is -2.34. The highest BCUT2D eigenvalue weighted by atomic mass is 79.9. The van der Waals surface area contributed by atoms with Gasteiger partial charge in [-0.25, -0.2) is 8.78 Å². The summed E-state index contributed by atoms with van der Waals surface area (Å²) in [7, 11) is 0. The van der Waals surface area contributed by atoms with Crippen LogP contribution in [0.4, 0.5) is 14.5 Å². The number of halogens is 3. The summed E-state index contributed by atoms with van der Waals surface area (Å²) in [5.41, 5.74) is 1.95. The van der Waals surface area contributed by atoms with Crippen LogP contribution in [0.1, 0.15) is 29.9 Å². The van der Waals surface area contributed by atoms with Crippen LogP contribution >= 0.6 is 15.9 Å². The van der Waals surface area contributed by atoms with Gasteiger partial charge in [0.25, 0.3) is 0 Å². The van der Waals surface area contributed by atoms with Crippen LogP contribution in [0.25, 0.3) is 10.9 Å². The molecule has 5 rings (SSSR count). The van der Waals surface area contributed by atoms with Crippen LogP contribution in [-0.4, -0.2) is 10.9 Å². The second-order valence-corrected chi connectivity index (χ2v) is 7.85. The van der Waals surface area contributed by atoms with Crippen LogP contribution in [0.3, 0.4) is 0 Å². The normalized spacial score (nSPS) is 23.8. The fourth-order valence-corrected chi connectivity index (χ4v) is 4.69. The van der Waals surface area contributed by atoms with Gasteiger partial charge in [0.05, 0.1) is 27.3 Å². The number of amides is 1. The van der Waals surface area contributed by atoms with Gasteiger partial charge in [0.15, 0.2) is 0 Å². The summed E-state index contributed by atoms with van der Waals surface area (Å²) in [6.45, 7) is 0. The van der Waals surface area contributed by atoms with Gasteiger partial charge in [-0.3, -0.25) is 9.78 Å². The zero-order valence-corrected chi connectivity index (χ0v) is 15.1.